The lowest BCUT2D eigenvalue weighted by Crippen LogP contribution is -2.30. The fourth-order valence-electron chi connectivity index (χ4n) is 4.86. The zero-order valence-electron chi connectivity index (χ0n) is 23.1. The molecule has 1 saturated carbocycles. The van der Waals surface area contributed by atoms with E-state index in [4.69, 9.17) is 9.47 Å². The minimum atomic E-state index is -1.50. The van der Waals surface area contributed by atoms with Crippen LogP contribution in [0.4, 0.5) is 4.39 Å². The molecule has 0 unspecified atom stereocenters. The van der Waals surface area contributed by atoms with E-state index in [1.54, 1.807) is 0 Å². The van der Waals surface area contributed by atoms with Crippen molar-refractivity contribution in [2.45, 2.75) is 116 Å². The van der Waals surface area contributed by atoms with Crippen molar-refractivity contribution in [1.82, 2.24) is 9.97 Å². The van der Waals surface area contributed by atoms with Crippen LogP contribution in [0, 0.1) is 5.92 Å². The average molecular weight is 592 g/mol. The van der Waals surface area contributed by atoms with Crippen LogP contribution in [0.5, 0.6) is 5.75 Å². The maximum Gasteiger partial charge on any atom is 0.340 e. The number of benzene rings is 1. The Hall–Kier alpha value is -2.02. The summed E-state index contributed by atoms with van der Waals surface area (Å²) in [4.78, 5) is 21.1. The molecule has 210 valence electrons. The second kappa shape index (κ2) is 16.8. The number of nitrogens with zero attached hydrogens (tertiary/aromatic N) is 2. The molecule has 0 radical (unpaired) electrons. The summed E-state index contributed by atoms with van der Waals surface area (Å²) in [6, 6.07) is 5.95. The van der Waals surface area contributed by atoms with Gasteiger partial charge >= 0.3 is 5.97 Å². The lowest BCUT2D eigenvalue weighted by Gasteiger charge is -2.28. The SMILES string of the molecule is CCCCCCCCc1cnc(-c2ccc(OCC3CCC(OC(=O)[C@@H](F)CCCC)CC3)c(Br)c2)nc1. The minimum Gasteiger partial charge on any atom is -0.492 e. The number of hydrogen-bond donors (Lipinski definition) is 0. The molecule has 3 rings (SSSR count). The molecule has 0 amide bonds. The van der Waals surface area contributed by atoms with E-state index >= 15 is 0 Å². The molecular formula is C31H44BrFN2O3. The first-order valence-electron chi connectivity index (χ1n) is 14.6. The molecule has 2 aromatic rings. The Morgan fingerprint density at radius 3 is 2.37 bits per heavy atom. The summed E-state index contributed by atoms with van der Waals surface area (Å²) in [7, 11) is 0. The summed E-state index contributed by atoms with van der Waals surface area (Å²) < 4.78 is 26.3. The lowest BCUT2D eigenvalue weighted by atomic mass is 9.88. The lowest BCUT2D eigenvalue weighted by molar-refractivity contribution is -0.157. The summed E-state index contributed by atoms with van der Waals surface area (Å²) in [5.74, 6) is 1.19. The second-order valence-corrected chi connectivity index (χ2v) is 11.4. The third-order valence-electron chi connectivity index (χ3n) is 7.33. The summed E-state index contributed by atoms with van der Waals surface area (Å²) in [6.07, 6.45) is 16.1. The van der Waals surface area contributed by atoms with E-state index in [-0.39, 0.29) is 12.5 Å². The molecule has 0 saturated heterocycles. The molecular weight excluding hydrogens is 547 g/mol. The molecule has 1 aromatic carbocycles. The van der Waals surface area contributed by atoms with Gasteiger partial charge < -0.3 is 9.47 Å². The smallest absolute Gasteiger partial charge is 0.340 e. The number of halogens is 2. The van der Waals surface area contributed by atoms with Crippen LogP contribution in [0.15, 0.2) is 35.1 Å². The Kier molecular flexibility index (Phi) is 13.5. The van der Waals surface area contributed by atoms with Gasteiger partial charge in [-0.25, -0.2) is 19.2 Å². The van der Waals surface area contributed by atoms with Crippen LogP contribution in [-0.2, 0) is 16.0 Å². The quantitative estimate of drug-likeness (QED) is 0.144. The zero-order chi connectivity index (χ0) is 27.2. The highest BCUT2D eigenvalue weighted by molar-refractivity contribution is 9.10. The predicted molar refractivity (Wildman–Crippen MR) is 154 cm³/mol. The molecule has 5 nitrogen and oxygen atoms in total. The summed E-state index contributed by atoms with van der Waals surface area (Å²) in [5, 5.41) is 0. The Morgan fingerprint density at radius 1 is 1.00 bits per heavy atom. The normalized spacial score (nSPS) is 18.2. The van der Waals surface area contributed by atoms with Crippen molar-refractivity contribution in [3.8, 4) is 17.1 Å². The van der Waals surface area contributed by atoms with Crippen LogP contribution in [-0.4, -0.2) is 34.8 Å². The van der Waals surface area contributed by atoms with Gasteiger partial charge in [0.1, 0.15) is 11.9 Å². The van der Waals surface area contributed by atoms with Crippen molar-refractivity contribution in [2.24, 2.45) is 5.92 Å². The minimum absolute atomic E-state index is 0.179. The number of alkyl halides is 1. The molecule has 1 aliphatic carbocycles. The summed E-state index contributed by atoms with van der Waals surface area (Å²) >= 11 is 3.64. The molecule has 7 heteroatoms. The molecule has 0 N–H and O–H groups in total. The van der Waals surface area contributed by atoms with E-state index in [9.17, 15) is 9.18 Å². The van der Waals surface area contributed by atoms with Gasteiger partial charge in [0.25, 0.3) is 0 Å². The number of aromatic nitrogens is 2. The Labute approximate surface area is 236 Å². The first-order valence-corrected chi connectivity index (χ1v) is 15.4. The van der Waals surface area contributed by atoms with Crippen LogP contribution in [0.1, 0.15) is 103 Å². The van der Waals surface area contributed by atoms with Gasteiger partial charge in [-0.05, 0) is 90.6 Å². The monoisotopic (exact) mass is 590 g/mol. The highest BCUT2D eigenvalue weighted by atomic mass is 79.9. The number of carbonyl (C=O) groups is 1. The highest BCUT2D eigenvalue weighted by Crippen LogP contribution is 2.32. The number of carbonyl (C=O) groups excluding carboxylic acids is 1. The van der Waals surface area contributed by atoms with Gasteiger partial charge in [-0.3, -0.25) is 0 Å². The van der Waals surface area contributed by atoms with Crippen molar-refractivity contribution in [3.63, 3.8) is 0 Å². The number of hydrogen-bond acceptors (Lipinski definition) is 5. The maximum absolute atomic E-state index is 13.9. The number of esters is 1. The van der Waals surface area contributed by atoms with Gasteiger partial charge in [0.15, 0.2) is 12.0 Å². The largest absolute Gasteiger partial charge is 0.492 e. The number of rotatable bonds is 16. The Balaban J connectivity index is 1.40. The van der Waals surface area contributed by atoms with E-state index < -0.39 is 12.1 Å². The molecule has 1 fully saturated rings. The topological polar surface area (TPSA) is 61.3 Å². The molecule has 1 aromatic heterocycles. The molecule has 38 heavy (non-hydrogen) atoms. The molecule has 0 aliphatic heterocycles. The third-order valence-corrected chi connectivity index (χ3v) is 7.95. The van der Waals surface area contributed by atoms with Crippen molar-refractivity contribution in [1.29, 1.82) is 0 Å². The van der Waals surface area contributed by atoms with Gasteiger partial charge in [0.05, 0.1) is 11.1 Å². The Morgan fingerprint density at radius 2 is 1.68 bits per heavy atom. The average Bonchev–Trinajstić information content (AvgIpc) is 2.94. The number of ether oxygens (including phenoxy) is 2. The molecule has 1 heterocycles. The van der Waals surface area contributed by atoms with Crippen LogP contribution in [0.25, 0.3) is 11.4 Å². The molecule has 0 bridgehead atoms. The first-order chi connectivity index (χ1) is 18.5. The van der Waals surface area contributed by atoms with Crippen LogP contribution < -0.4 is 4.74 Å². The fraction of sp³-hybridized carbons (Fsp3) is 0.645. The predicted octanol–water partition coefficient (Wildman–Crippen LogP) is 8.82. The number of unbranched alkanes of at least 4 members (excludes halogenated alkanes) is 6. The Bertz CT molecular complexity index is 964. The summed E-state index contributed by atoms with van der Waals surface area (Å²) in [5.41, 5.74) is 2.14. The zero-order valence-corrected chi connectivity index (χ0v) is 24.7. The number of aryl methyl sites for hydroxylation is 1. The highest BCUT2D eigenvalue weighted by Gasteiger charge is 2.27. The maximum atomic E-state index is 13.9. The first kappa shape index (κ1) is 30.5. The van der Waals surface area contributed by atoms with Crippen molar-refractivity contribution >= 4 is 21.9 Å². The summed E-state index contributed by atoms with van der Waals surface area (Å²) in [6.45, 7) is 4.83. The van der Waals surface area contributed by atoms with Gasteiger partial charge in [0.2, 0.25) is 0 Å². The van der Waals surface area contributed by atoms with E-state index in [1.807, 2.05) is 37.5 Å². The van der Waals surface area contributed by atoms with Crippen LogP contribution in [0.2, 0.25) is 0 Å². The van der Waals surface area contributed by atoms with Gasteiger partial charge in [-0.15, -0.1) is 0 Å². The van der Waals surface area contributed by atoms with Crippen molar-refractivity contribution in [3.05, 3.63) is 40.6 Å². The van der Waals surface area contributed by atoms with E-state index in [1.165, 1.54) is 44.1 Å². The third kappa shape index (κ3) is 10.3. The van der Waals surface area contributed by atoms with E-state index in [0.717, 1.165) is 54.3 Å². The fourth-order valence-corrected chi connectivity index (χ4v) is 5.36. The van der Waals surface area contributed by atoms with Crippen molar-refractivity contribution < 1.29 is 18.7 Å². The standard InChI is InChI=1S/C31H44BrFN2O3/c1-3-5-7-8-9-10-11-24-20-34-30(35-21-24)25-15-18-29(27(32)19-25)37-22-23-13-16-26(17-14-23)38-31(36)28(33)12-6-4-2/h15,18-21,23,26,28H,3-14,16-17,22H2,1-2H3/t23?,26?,28-/m0/s1. The van der Waals surface area contributed by atoms with E-state index in [0.29, 0.717) is 24.8 Å². The van der Waals surface area contributed by atoms with Crippen molar-refractivity contribution in [2.75, 3.05) is 6.61 Å². The van der Waals surface area contributed by atoms with Gasteiger partial charge in [-0.2, -0.15) is 0 Å². The van der Waals surface area contributed by atoms with E-state index in [2.05, 4.69) is 32.8 Å². The molecule has 1 atom stereocenters. The molecule has 0 spiro atoms. The molecule has 1 aliphatic rings. The van der Waals surface area contributed by atoms with Gasteiger partial charge in [-0.1, -0.05) is 58.8 Å². The van der Waals surface area contributed by atoms with Gasteiger partial charge in [0, 0.05) is 18.0 Å². The second-order valence-electron chi connectivity index (χ2n) is 10.6. The van der Waals surface area contributed by atoms with Crippen LogP contribution in [0.3, 0.4) is 0 Å². The van der Waals surface area contributed by atoms with Crippen LogP contribution >= 0.6 is 15.9 Å².